The summed E-state index contributed by atoms with van der Waals surface area (Å²) in [6.45, 7) is 5.39. The highest BCUT2D eigenvalue weighted by atomic mass is 35.5. The van der Waals surface area contributed by atoms with Crippen LogP contribution in [0.3, 0.4) is 0 Å². The van der Waals surface area contributed by atoms with Gasteiger partial charge in [-0.3, -0.25) is 0 Å². The van der Waals surface area contributed by atoms with E-state index in [1.54, 1.807) is 20.8 Å². The van der Waals surface area contributed by atoms with Crippen LogP contribution in [0.4, 0.5) is 4.39 Å². The summed E-state index contributed by atoms with van der Waals surface area (Å²) >= 11 is 4.33. The van der Waals surface area contributed by atoms with Gasteiger partial charge in [-0.05, 0) is 26.8 Å². The van der Waals surface area contributed by atoms with Crippen molar-refractivity contribution < 1.29 is 8.94 Å². The van der Waals surface area contributed by atoms with Gasteiger partial charge in [0.05, 0.1) is 12.4 Å². The summed E-state index contributed by atoms with van der Waals surface area (Å²) in [6, 6.07) is 1.19. The second-order valence-corrected chi connectivity index (χ2v) is 6.42. The first-order valence-electron chi connectivity index (χ1n) is 4.58. The Morgan fingerprint density at radius 2 is 2.19 bits per heavy atom. The molecule has 1 aromatic heterocycles. The third-order valence-corrected chi connectivity index (χ3v) is 3.30. The lowest BCUT2D eigenvalue weighted by Crippen LogP contribution is -2.25. The highest BCUT2D eigenvalue weighted by Gasteiger charge is 2.25. The van der Waals surface area contributed by atoms with Crippen LogP contribution in [0.25, 0.3) is 0 Å². The van der Waals surface area contributed by atoms with E-state index in [1.807, 2.05) is 0 Å². The van der Waals surface area contributed by atoms with Gasteiger partial charge in [0, 0.05) is 5.56 Å². The van der Waals surface area contributed by atoms with Gasteiger partial charge in [-0.1, -0.05) is 16.0 Å². The summed E-state index contributed by atoms with van der Waals surface area (Å²) in [5.74, 6) is -0.507. The third-order valence-electron chi connectivity index (χ3n) is 1.64. The molecular weight excluding hydrogens is 251 g/mol. The lowest BCUT2D eigenvalue weighted by Gasteiger charge is -2.17. The molecule has 1 heterocycles. The molecule has 0 N–H and O–H groups in total. The highest BCUT2D eigenvalue weighted by molar-refractivity contribution is 7.91. The van der Waals surface area contributed by atoms with Gasteiger partial charge < -0.3 is 4.55 Å². The molecule has 0 aliphatic carbocycles. The second kappa shape index (κ2) is 5.12. The Kier molecular flexibility index (Phi) is 4.29. The quantitative estimate of drug-likeness (QED) is 0.467. The van der Waals surface area contributed by atoms with Crippen molar-refractivity contribution in [1.82, 2.24) is 4.98 Å². The fourth-order valence-electron chi connectivity index (χ4n) is 0.792. The minimum Gasteiger partial charge on any atom is -0.591 e. The van der Waals surface area contributed by atoms with E-state index in [4.69, 9.17) is 11.6 Å². The van der Waals surface area contributed by atoms with Gasteiger partial charge in [-0.25, -0.2) is 9.37 Å². The number of hydrogen-bond donors (Lipinski definition) is 0. The van der Waals surface area contributed by atoms with Gasteiger partial charge in [-0.2, -0.15) is 0 Å². The van der Waals surface area contributed by atoms with E-state index < -0.39 is 21.9 Å². The van der Waals surface area contributed by atoms with Crippen LogP contribution in [0, 0.1) is 5.82 Å². The van der Waals surface area contributed by atoms with Crippen LogP contribution < -0.4 is 0 Å². The van der Waals surface area contributed by atoms with E-state index in [0.29, 0.717) is 5.56 Å². The lowest BCUT2D eigenvalue weighted by molar-refractivity contribution is 0.562. The van der Waals surface area contributed by atoms with E-state index in [9.17, 15) is 8.94 Å². The van der Waals surface area contributed by atoms with E-state index in [1.165, 1.54) is 12.3 Å². The summed E-state index contributed by atoms with van der Waals surface area (Å²) < 4.78 is 27.8. The first-order chi connectivity index (χ1) is 7.30. The maximum atomic E-state index is 12.8. The Hall–Kier alpha value is -0.650. The van der Waals surface area contributed by atoms with Crippen LogP contribution >= 0.6 is 11.6 Å². The maximum absolute atomic E-state index is 12.8. The Labute approximate surface area is 102 Å². The number of rotatable bonds is 2. The molecule has 1 rings (SSSR count). The smallest absolute Gasteiger partial charge is 0.144 e. The normalized spacial score (nSPS) is 14.4. The second-order valence-electron chi connectivity index (χ2n) is 4.13. The fourth-order valence-corrected chi connectivity index (χ4v) is 1.47. The monoisotopic (exact) mass is 262 g/mol. The summed E-state index contributed by atoms with van der Waals surface area (Å²) in [5.41, 5.74) is 0.319. The molecule has 0 fully saturated rings. The summed E-state index contributed by atoms with van der Waals surface area (Å²) in [5, 5.41) is 0.135. The SMILES string of the molecule is CC(C)(C)[S@+]([O-])/N=C\c1cc(F)cnc1Cl. The molecule has 0 unspecified atom stereocenters. The Balaban J connectivity index is 2.88. The number of pyridine rings is 1. The summed E-state index contributed by atoms with van der Waals surface area (Å²) in [7, 11) is 0. The average molecular weight is 263 g/mol. The molecule has 0 saturated carbocycles. The molecule has 0 amide bonds. The van der Waals surface area contributed by atoms with E-state index >= 15 is 0 Å². The van der Waals surface area contributed by atoms with Gasteiger partial charge in [0.25, 0.3) is 0 Å². The van der Waals surface area contributed by atoms with Gasteiger partial charge in [0.1, 0.15) is 27.1 Å². The molecule has 1 atom stereocenters. The zero-order chi connectivity index (χ0) is 12.3. The molecule has 0 aliphatic heterocycles. The molecule has 1 aromatic rings. The first kappa shape index (κ1) is 13.4. The van der Waals surface area contributed by atoms with Crippen LogP contribution in [0.1, 0.15) is 26.3 Å². The van der Waals surface area contributed by atoms with Gasteiger partial charge in [0.2, 0.25) is 0 Å². The number of nitrogens with zero attached hydrogens (tertiary/aromatic N) is 2. The molecule has 0 aliphatic rings. The fraction of sp³-hybridized carbons (Fsp3) is 0.400. The van der Waals surface area contributed by atoms with Crippen LogP contribution in [-0.4, -0.2) is 20.5 Å². The molecule has 0 bridgehead atoms. The molecule has 3 nitrogen and oxygen atoms in total. The number of halogens is 2. The van der Waals surface area contributed by atoms with E-state index in [-0.39, 0.29) is 5.15 Å². The standard InChI is InChI=1S/C10H12ClFN2OS/c1-10(2,3)16(15)14-5-7-4-8(12)6-13-9(7)11/h4-6H,1-3H3/b14-5-/t16-/m0/s1. The minimum absolute atomic E-state index is 0.135. The van der Waals surface area contributed by atoms with Crippen LogP contribution in [0.2, 0.25) is 5.15 Å². The van der Waals surface area contributed by atoms with Crippen molar-refractivity contribution in [2.75, 3.05) is 0 Å². The number of hydrogen-bond acceptors (Lipinski definition) is 3. The molecule has 0 aromatic carbocycles. The maximum Gasteiger partial charge on any atom is 0.144 e. The van der Waals surface area contributed by atoms with Gasteiger partial charge in [-0.15, -0.1) is 0 Å². The average Bonchev–Trinajstić information content (AvgIpc) is 2.17. The molecule has 6 heteroatoms. The predicted molar refractivity (Wildman–Crippen MR) is 64.7 cm³/mol. The largest absolute Gasteiger partial charge is 0.591 e. The summed E-state index contributed by atoms with van der Waals surface area (Å²) in [4.78, 5) is 3.62. The number of aromatic nitrogens is 1. The zero-order valence-electron chi connectivity index (χ0n) is 9.20. The van der Waals surface area contributed by atoms with E-state index in [2.05, 4.69) is 9.38 Å². The van der Waals surface area contributed by atoms with Gasteiger partial charge >= 0.3 is 0 Å². The van der Waals surface area contributed by atoms with Crippen molar-refractivity contribution in [3.8, 4) is 0 Å². The predicted octanol–water partition coefficient (Wildman–Crippen LogP) is 2.76. The van der Waals surface area contributed by atoms with E-state index in [0.717, 1.165) is 6.20 Å². The van der Waals surface area contributed by atoms with Crippen LogP contribution in [-0.2, 0) is 11.4 Å². The van der Waals surface area contributed by atoms with Gasteiger partial charge in [0.15, 0.2) is 0 Å². The molecule has 0 spiro atoms. The van der Waals surface area contributed by atoms with Crippen LogP contribution in [0.15, 0.2) is 16.7 Å². The lowest BCUT2D eigenvalue weighted by atomic mass is 10.3. The van der Waals surface area contributed by atoms with Crippen molar-refractivity contribution >= 4 is 29.2 Å². The molecule has 88 valence electrons. The molecule has 16 heavy (non-hydrogen) atoms. The highest BCUT2D eigenvalue weighted by Crippen LogP contribution is 2.18. The van der Waals surface area contributed by atoms with Crippen molar-refractivity contribution in [2.45, 2.75) is 25.5 Å². The van der Waals surface area contributed by atoms with Crippen molar-refractivity contribution in [3.05, 3.63) is 28.8 Å². The molecule has 0 radical (unpaired) electrons. The minimum atomic E-state index is -1.39. The summed E-state index contributed by atoms with van der Waals surface area (Å²) in [6.07, 6.45) is 2.29. The Morgan fingerprint density at radius 1 is 1.56 bits per heavy atom. The van der Waals surface area contributed by atoms with Crippen molar-refractivity contribution in [3.63, 3.8) is 0 Å². The first-order valence-corrected chi connectivity index (χ1v) is 6.06. The van der Waals surface area contributed by atoms with Crippen molar-refractivity contribution in [2.24, 2.45) is 4.40 Å². The Bertz CT molecular complexity index is 406. The zero-order valence-corrected chi connectivity index (χ0v) is 10.8. The Morgan fingerprint density at radius 3 is 2.75 bits per heavy atom. The van der Waals surface area contributed by atoms with Crippen LogP contribution in [0.5, 0.6) is 0 Å². The third kappa shape index (κ3) is 3.73. The van der Waals surface area contributed by atoms with Crippen molar-refractivity contribution in [1.29, 1.82) is 0 Å². The topological polar surface area (TPSA) is 48.3 Å². The molecule has 0 saturated heterocycles. The molecular formula is C10H12ClFN2OS.